The second-order valence-electron chi connectivity index (χ2n) is 15.7. The van der Waals surface area contributed by atoms with Crippen LogP contribution in [-0.4, -0.2) is 19.2 Å². The van der Waals surface area contributed by atoms with Crippen molar-refractivity contribution in [2.75, 3.05) is 9.80 Å². The van der Waals surface area contributed by atoms with Crippen molar-refractivity contribution in [3.05, 3.63) is 152 Å². The van der Waals surface area contributed by atoms with Gasteiger partial charge >= 0.3 is 0 Å². The van der Waals surface area contributed by atoms with Crippen LogP contribution in [0.4, 0.5) is 34.1 Å². The molecule has 5 heterocycles. The van der Waals surface area contributed by atoms with Crippen molar-refractivity contribution < 1.29 is 4.42 Å². The summed E-state index contributed by atoms with van der Waals surface area (Å²) in [6, 6.07) is 56.0. The Morgan fingerprint density at radius 1 is 0.509 bits per heavy atom. The maximum Gasteiger partial charge on any atom is 0.297 e. The summed E-state index contributed by atoms with van der Waals surface area (Å²) >= 11 is 0. The summed E-state index contributed by atoms with van der Waals surface area (Å²) in [4.78, 5) is 4.98. The Kier molecular flexibility index (Phi) is 5.65. The summed E-state index contributed by atoms with van der Waals surface area (Å²) in [7, 11) is -1.51. The Labute approximate surface area is 308 Å². The number of nitrogens with zero attached hydrogens (tertiary/aromatic N) is 3. The number of hydrogen-bond acceptors (Lipinski definition) is 3. The first-order chi connectivity index (χ1) is 26.0. The number of para-hydroxylation sites is 4. The van der Waals surface area contributed by atoms with E-state index in [9.17, 15) is 0 Å². The maximum absolute atomic E-state index is 7.16. The summed E-state index contributed by atoms with van der Waals surface area (Å²) in [5.74, 6) is 0. The number of anilines is 6. The first-order valence-corrected chi connectivity index (χ1v) is 22.1. The zero-order valence-corrected chi connectivity index (χ0v) is 30.8. The molecule has 0 atom stereocenters. The van der Waals surface area contributed by atoms with Gasteiger partial charge in [0.25, 0.3) is 6.71 Å². The first kappa shape index (κ1) is 29.4. The fraction of sp³-hybridized carbons (Fsp3) is 0.0638. The van der Waals surface area contributed by atoms with Crippen LogP contribution in [0.2, 0.25) is 19.6 Å². The quantitative estimate of drug-likeness (QED) is 0.172. The molecule has 10 aromatic rings. The molecule has 4 nitrogen and oxygen atoms in total. The van der Waals surface area contributed by atoms with Crippen LogP contribution in [0.15, 0.2) is 156 Å². The minimum Gasteiger partial charge on any atom is -0.468 e. The average Bonchev–Trinajstić information content (AvgIpc) is 3.85. The standard InChI is InChI=1S/C47H34BN3OSi/c1-53(2,3)31-26-24-30(25-27-31)49-38-21-13-22-39-43(38)48(47-46(34-18-9-12-23-41(34)52-47)50(39)29-14-5-4-6-15-29)44-40(49)28-35-32-16-7-10-19-36(32)51-37-20-11-8-17-33(37)42(44)45(35)51/h4-28H,1-3H3. The third kappa shape index (κ3) is 3.76. The van der Waals surface area contributed by atoms with Gasteiger partial charge in [0, 0.05) is 55.4 Å². The number of hydrogen-bond donors (Lipinski definition) is 0. The van der Waals surface area contributed by atoms with Crippen LogP contribution in [0, 0.1) is 0 Å². The van der Waals surface area contributed by atoms with Gasteiger partial charge in [-0.1, -0.05) is 110 Å². The van der Waals surface area contributed by atoms with E-state index in [0.29, 0.717) is 0 Å². The van der Waals surface area contributed by atoms with Gasteiger partial charge in [-0.25, -0.2) is 0 Å². The van der Waals surface area contributed by atoms with E-state index >= 15 is 0 Å². The van der Waals surface area contributed by atoms with Gasteiger partial charge in [0.05, 0.1) is 36.0 Å². The molecule has 0 fully saturated rings. The van der Waals surface area contributed by atoms with Crippen LogP contribution in [0.1, 0.15) is 0 Å². The third-order valence-corrected chi connectivity index (χ3v) is 13.9. The highest BCUT2D eigenvalue weighted by molar-refractivity contribution is 7.01. The van der Waals surface area contributed by atoms with Crippen molar-refractivity contribution in [1.29, 1.82) is 0 Å². The molecule has 0 radical (unpaired) electrons. The summed E-state index contributed by atoms with van der Waals surface area (Å²) in [5, 5.41) is 7.71. The molecule has 0 unspecified atom stereocenters. The SMILES string of the molecule is C[Si](C)(C)c1ccc(N2c3cccc4c3B(c3oc5ccccc5c3N4c3ccccc3)c3c2cc2c4ccccc4n4c5ccccc5c3c24)cc1. The lowest BCUT2D eigenvalue weighted by Gasteiger charge is -2.42. The Hall–Kier alpha value is -6.24. The molecule has 0 saturated heterocycles. The summed E-state index contributed by atoms with van der Waals surface area (Å²) in [6.45, 7) is 7.13. The highest BCUT2D eigenvalue weighted by Gasteiger charge is 2.48. The predicted molar refractivity (Wildman–Crippen MR) is 228 cm³/mol. The van der Waals surface area contributed by atoms with Gasteiger partial charge in [0.1, 0.15) is 5.58 Å². The monoisotopic (exact) mass is 695 g/mol. The van der Waals surface area contributed by atoms with E-state index in [1.807, 2.05) is 0 Å². The molecule has 0 bridgehead atoms. The number of aromatic nitrogens is 1. The lowest BCUT2D eigenvalue weighted by Crippen LogP contribution is -2.61. The molecule has 0 aliphatic carbocycles. The first-order valence-electron chi connectivity index (χ1n) is 18.6. The van der Waals surface area contributed by atoms with Crippen molar-refractivity contribution >= 4 is 120 Å². The molecule has 53 heavy (non-hydrogen) atoms. The highest BCUT2D eigenvalue weighted by atomic mass is 28.3. The van der Waals surface area contributed by atoms with Crippen LogP contribution in [0.25, 0.3) is 49.1 Å². The summed E-state index contributed by atoms with van der Waals surface area (Å²) in [5.41, 5.74) is 15.2. The van der Waals surface area contributed by atoms with Crippen molar-refractivity contribution in [3.8, 4) is 0 Å². The predicted octanol–water partition coefficient (Wildman–Crippen LogP) is 10.2. The molecule has 0 amide bonds. The Morgan fingerprint density at radius 2 is 1.13 bits per heavy atom. The molecule has 6 heteroatoms. The summed E-state index contributed by atoms with van der Waals surface area (Å²) in [6.07, 6.45) is 0. The number of rotatable bonds is 3. The van der Waals surface area contributed by atoms with E-state index in [4.69, 9.17) is 4.42 Å². The van der Waals surface area contributed by atoms with Gasteiger partial charge < -0.3 is 18.6 Å². The smallest absolute Gasteiger partial charge is 0.297 e. The largest absolute Gasteiger partial charge is 0.468 e. The molecule has 2 aliphatic heterocycles. The van der Waals surface area contributed by atoms with Crippen molar-refractivity contribution in [3.63, 3.8) is 0 Å². The normalized spacial score (nSPS) is 13.8. The van der Waals surface area contributed by atoms with E-state index in [1.165, 1.54) is 77.0 Å². The third-order valence-electron chi connectivity index (χ3n) is 11.8. The Morgan fingerprint density at radius 3 is 1.89 bits per heavy atom. The topological polar surface area (TPSA) is 24.0 Å². The van der Waals surface area contributed by atoms with Crippen molar-refractivity contribution in [2.45, 2.75) is 19.6 Å². The Bertz CT molecular complexity index is 3120. The number of furan rings is 1. The minimum absolute atomic E-state index is 0.131. The van der Waals surface area contributed by atoms with Gasteiger partial charge in [-0.05, 0) is 77.7 Å². The molecule has 2 aliphatic rings. The van der Waals surface area contributed by atoms with Crippen LogP contribution in [-0.2, 0) is 0 Å². The van der Waals surface area contributed by atoms with Gasteiger partial charge in [-0.15, -0.1) is 0 Å². The summed E-state index contributed by atoms with van der Waals surface area (Å²) < 4.78 is 9.66. The molecular formula is C47H34BN3OSi. The fourth-order valence-corrected chi connectivity index (χ4v) is 10.8. The number of fused-ring (bicyclic) bond motifs is 13. The van der Waals surface area contributed by atoms with Crippen molar-refractivity contribution in [1.82, 2.24) is 4.40 Å². The van der Waals surface area contributed by atoms with Gasteiger partial charge in [0.2, 0.25) is 0 Å². The van der Waals surface area contributed by atoms with E-state index in [2.05, 4.69) is 186 Å². The van der Waals surface area contributed by atoms with Crippen LogP contribution >= 0.6 is 0 Å². The maximum atomic E-state index is 7.16. The molecule has 3 aromatic heterocycles. The van der Waals surface area contributed by atoms with Crippen molar-refractivity contribution in [2.24, 2.45) is 0 Å². The molecule has 0 spiro atoms. The lowest BCUT2D eigenvalue weighted by atomic mass is 9.35. The Balaban J connectivity index is 1.29. The van der Waals surface area contributed by atoms with Gasteiger partial charge in [0.15, 0.2) is 0 Å². The molecular weight excluding hydrogens is 661 g/mol. The molecule has 0 N–H and O–H groups in total. The van der Waals surface area contributed by atoms with E-state index < -0.39 is 8.07 Å². The zero-order chi connectivity index (χ0) is 35.2. The molecule has 0 saturated carbocycles. The van der Waals surface area contributed by atoms with Gasteiger partial charge in [-0.2, -0.15) is 0 Å². The minimum atomic E-state index is -1.51. The molecule has 250 valence electrons. The second kappa shape index (κ2) is 10.2. The van der Waals surface area contributed by atoms with E-state index in [-0.39, 0.29) is 6.71 Å². The van der Waals surface area contributed by atoms with Crippen LogP contribution < -0.4 is 31.6 Å². The van der Waals surface area contributed by atoms with Crippen LogP contribution in [0.5, 0.6) is 0 Å². The highest BCUT2D eigenvalue weighted by Crippen LogP contribution is 2.49. The molecule has 12 rings (SSSR count). The zero-order valence-electron chi connectivity index (χ0n) is 29.8. The average molecular weight is 696 g/mol. The van der Waals surface area contributed by atoms with E-state index in [0.717, 1.165) is 28.0 Å². The lowest BCUT2D eigenvalue weighted by molar-refractivity contribution is 0.651. The molecule has 7 aromatic carbocycles. The number of benzene rings is 7. The fourth-order valence-electron chi connectivity index (χ4n) is 9.60. The second-order valence-corrected chi connectivity index (χ2v) is 20.8. The van der Waals surface area contributed by atoms with Crippen LogP contribution in [0.3, 0.4) is 0 Å². The van der Waals surface area contributed by atoms with E-state index in [1.54, 1.807) is 0 Å². The van der Waals surface area contributed by atoms with Gasteiger partial charge in [-0.3, -0.25) is 0 Å².